The van der Waals surface area contributed by atoms with Gasteiger partial charge in [0.15, 0.2) is 11.5 Å². The van der Waals surface area contributed by atoms with Crippen LogP contribution in [0.1, 0.15) is 16.1 Å². The predicted octanol–water partition coefficient (Wildman–Crippen LogP) is 4.59. The van der Waals surface area contributed by atoms with E-state index in [4.69, 9.17) is 25.2 Å². The van der Waals surface area contributed by atoms with Crippen molar-refractivity contribution in [1.82, 2.24) is 19.8 Å². The number of halogens is 4. The average Bonchev–Trinajstić information content (AvgIpc) is 3.31. The van der Waals surface area contributed by atoms with E-state index in [2.05, 4.69) is 15.3 Å². The van der Waals surface area contributed by atoms with E-state index in [1.165, 1.54) is 19.5 Å². The summed E-state index contributed by atoms with van der Waals surface area (Å²) < 4.78 is 73.7. The quantitative estimate of drug-likeness (QED) is 0.503. The van der Waals surface area contributed by atoms with Crippen molar-refractivity contribution in [3.8, 4) is 11.5 Å². The zero-order valence-electron chi connectivity index (χ0n) is 22.2. The van der Waals surface area contributed by atoms with E-state index in [0.29, 0.717) is 22.4 Å². The Hall–Kier alpha value is -3.31. The van der Waals surface area contributed by atoms with Crippen LogP contribution in [0.5, 0.6) is 11.5 Å². The summed E-state index contributed by atoms with van der Waals surface area (Å²) in [7, 11) is 0.589. The molecule has 1 aliphatic heterocycles. The number of carbonyl (C=O) groups excluding carboxylic acids is 1. The minimum Gasteiger partial charge on any atom is -0.493 e. The maximum absolute atomic E-state index is 13.1. The van der Waals surface area contributed by atoms with Gasteiger partial charge in [0.05, 0.1) is 29.3 Å². The number of benzene rings is 2. The molecular formula is C24H25ClF3N5O3. The molecule has 2 atom stereocenters. The highest BCUT2D eigenvalue weighted by molar-refractivity contribution is 6.31. The molecule has 1 amide bonds. The van der Waals surface area contributed by atoms with Crippen molar-refractivity contribution >= 4 is 39.9 Å². The number of ether oxygens (including phenoxy) is 2. The fourth-order valence-electron chi connectivity index (χ4n) is 3.97. The van der Waals surface area contributed by atoms with Gasteiger partial charge in [0.2, 0.25) is 5.91 Å². The summed E-state index contributed by atoms with van der Waals surface area (Å²) in [5.74, 6) is 0.557. The molecule has 0 aliphatic carbocycles. The molecule has 1 N–H and O–H groups in total. The molecule has 0 radical (unpaired) electrons. The number of hydrogen-bond acceptors (Lipinski definition) is 7. The number of likely N-dealkylation sites (N-methyl/N-ethyl adjacent to an activating group) is 2. The standard InChI is InChI=1S/C24H25ClF3N5O3/c1-32(2)23(34)19-8-14(11-33(19)3)36-21-9-15-18(10-20(21)35-4)29-12-30-22(15)31-13-5-6-16(17(25)7-13)24(26,27)28/h5-7,9-10,12,14,19H,8,11H2,1-4H3,(H,29,30,31)/t14-,19-/m0/s1/i1D,2D,3D. The molecule has 1 fully saturated rings. The first-order chi connectivity index (χ1) is 18.6. The molecule has 12 heteroatoms. The minimum atomic E-state index is -4.58. The zero-order chi connectivity index (χ0) is 28.3. The van der Waals surface area contributed by atoms with Crippen LogP contribution in [0.3, 0.4) is 0 Å². The van der Waals surface area contributed by atoms with Crippen LogP contribution in [0.25, 0.3) is 10.9 Å². The van der Waals surface area contributed by atoms with Gasteiger partial charge >= 0.3 is 6.18 Å². The molecule has 0 unspecified atom stereocenters. The first kappa shape index (κ1) is 21.9. The molecule has 0 saturated carbocycles. The van der Waals surface area contributed by atoms with E-state index in [-0.39, 0.29) is 45.5 Å². The number of nitrogens with one attached hydrogen (secondary N) is 1. The predicted molar refractivity (Wildman–Crippen MR) is 130 cm³/mol. The third kappa shape index (κ3) is 5.26. The fraction of sp³-hybridized carbons (Fsp3) is 0.375. The first-order valence-corrected chi connectivity index (χ1v) is 11.0. The number of nitrogens with zero attached hydrogens (tertiary/aromatic N) is 4. The number of likely N-dealkylation sites (tertiary alicyclic amines) is 1. The molecular weight excluding hydrogens is 499 g/mol. The Morgan fingerprint density at radius 1 is 1.25 bits per heavy atom. The summed E-state index contributed by atoms with van der Waals surface area (Å²) in [6.07, 6.45) is -3.54. The van der Waals surface area contributed by atoms with Gasteiger partial charge in [0.25, 0.3) is 0 Å². The number of alkyl halides is 3. The first-order valence-electron chi connectivity index (χ1n) is 12.8. The Kier molecular flexibility index (Phi) is 6.08. The van der Waals surface area contributed by atoms with Gasteiger partial charge in [0, 0.05) is 48.3 Å². The third-order valence-electron chi connectivity index (χ3n) is 5.71. The van der Waals surface area contributed by atoms with Crippen molar-refractivity contribution in [3.05, 3.63) is 47.2 Å². The van der Waals surface area contributed by atoms with Crippen LogP contribution in [-0.2, 0) is 11.0 Å². The highest BCUT2D eigenvalue weighted by atomic mass is 35.5. The molecule has 36 heavy (non-hydrogen) atoms. The lowest BCUT2D eigenvalue weighted by molar-refractivity contribution is -0.137. The van der Waals surface area contributed by atoms with Crippen molar-refractivity contribution in [2.45, 2.75) is 24.7 Å². The summed E-state index contributed by atoms with van der Waals surface area (Å²) in [4.78, 5) is 23.9. The lowest BCUT2D eigenvalue weighted by atomic mass is 10.1. The molecule has 4 rings (SSSR count). The van der Waals surface area contributed by atoms with Crippen LogP contribution in [-0.4, -0.2) is 72.5 Å². The highest BCUT2D eigenvalue weighted by Gasteiger charge is 2.37. The lowest BCUT2D eigenvalue weighted by Gasteiger charge is -2.21. The van der Waals surface area contributed by atoms with Crippen molar-refractivity contribution < 1.29 is 31.6 Å². The fourth-order valence-corrected chi connectivity index (χ4v) is 4.26. The van der Waals surface area contributed by atoms with E-state index in [9.17, 15) is 18.0 Å². The summed E-state index contributed by atoms with van der Waals surface area (Å²) in [5.41, 5.74) is -0.197. The molecule has 192 valence electrons. The highest BCUT2D eigenvalue weighted by Crippen LogP contribution is 2.38. The largest absolute Gasteiger partial charge is 0.493 e. The number of carbonyl (C=O) groups is 1. The summed E-state index contributed by atoms with van der Waals surface area (Å²) in [6, 6.07) is 5.83. The van der Waals surface area contributed by atoms with Crippen molar-refractivity contribution in [3.63, 3.8) is 0 Å². The van der Waals surface area contributed by atoms with E-state index in [0.717, 1.165) is 17.0 Å². The van der Waals surface area contributed by atoms with E-state index in [1.54, 1.807) is 17.0 Å². The van der Waals surface area contributed by atoms with Gasteiger partial charge in [0.1, 0.15) is 18.2 Å². The van der Waals surface area contributed by atoms with Gasteiger partial charge in [-0.1, -0.05) is 11.6 Å². The number of methoxy groups -OCH3 is 1. The second-order valence-corrected chi connectivity index (χ2v) is 8.61. The van der Waals surface area contributed by atoms with Crippen LogP contribution in [0.15, 0.2) is 36.7 Å². The van der Waals surface area contributed by atoms with Crippen LogP contribution in [0.2, 0.25) is 5.02 Å². The zero-order valence-corrected chi connectivity index (χ0v) is 19.9. The van der Waals surface area contributed by atoms with Gasteiger partial charge in [-0.05, 0) is 31.3 Å². The summed E-state index contributed by atoms with van der Waals surface area (Å²) >= 11 is 5.86. The van der Waals surface area contributed by atoms with Gasteiger partial charge in [-0.2, -0.15) is 13.2 Å². The van der Waals surface area contributed by atoms with Crippen molar-refractivity contribution in [2.24, 2.45) is 0 Å². The Labute approximate surface area is 215 Å². The number of rotatable bonds is 6. The van der Waals surface area contributed by atoms with E-state index >= 15 is 0 Å². The van der Waals surface area contributed by atoms with Crippen LogP contribution in [0, 0.1) is 0 Å². The molecule has 8 nitrogen and oxygen atoms in total. The number of fused-ring (bicyclic) bond motifs is 1. The summed E-state index contributed by atoms with van der Waals surface area (Å²) in [5, 5.41) is 3.00. The molecule has 0 spiro atoms. The van der Waals surface area contributed by atoms with Crippen molar-refractivity contribution in [2.75, 3.05) is 40.0 Å². The SMILES string of the molecule is [2H]CN(C[2H])C(=O)[C@@H]1C[C@H](Oc2cc3c(Nc4ccc(C(F)(F)F)c(Cl)c4)ncnc3cc2OC)CN1C[2H]. The number of hydrogen-bond donors (Lipinski definition) is 1. The third-order valence-corrected chi connectivity index (χ3v) is 6.03. The van der Waals surface area contributed by atoms with Crippen LogP contribution < -0.4 is 14.8 Å². The lowest BCUT2D eigenvalue weighted by Crippen LogP contribution is -2.40. The molecule has 1 aromatic heterocycles. The minimum absolute atomic E-state index is 0.160. The second-order valence-electron chi connectivity index (χ2n) is 8.20. The number of amides is 1. The topological polar surface area (TPSA) is 79.8 Å². The maximum atomic E-state index is 13.1. The molecule has 1 saturated heterocycles. The maximum Gasteiger partial charge on any atom is 0.417 e. The van der Waals surface area contributed by atoms with Gasteiger partial charge in [-0.15, -0.1) is 0 Å². The van der Waals surface area contributed by atoms with Crippen LogP contribution >= 0.6 is 11.6 Å². The number of anilines is 2. The van der Waals surface area contributed by atoms with Crippen LogP contribution in [0.4, 0.5) is 24.7 Å². The van der Waals surface area contributed by atoms with Gasteiger partial charge in [-0.3, -0.25) is 9.69 Å². The molecule has 0 bridgehead atoms. The van der Waals surface area contributed by atoms with Crippen molar-refractivity contribution in [1.29, 1.82) is 0 Å². The monoisotopic (exact) mass is 526 g/mol. The molecule has 1 aliphatic rings. The van der Waals surface area contributed by atoms with Gasteiger partial charge < -0.3 is 19.7 Å². The smallest absolute Gasteiger partial charge is 0.417 e. The Morgan fingerprint density at radius 3 is 2.72 bits per heavy atom. The molecule has 2 aromatic carbocycles. The molecule has 2 heterocycles. The number of aromatic nitrogens is 2. The van der Waals surface area contributed by atoms with Gasteiger partial charge in [-0.25, -0.2) is 9.97 Å². The second kappa shape index (κ2) is 9.98. The average molecular weight is 527 g/mol. The van der Waals surface area contributed by atoms with E-state index < -0.39 is 34.8 Å². The Morgan fingerprint density at radius 2 is 2.06 bits per heavy atom. The Bertz CT molecular complexity index is 1350. The Balaban J connectivity index is 1.62. The summed E-state index contributed by atoms with van der Waals surface area (Å²) in [6.45, 7) is 0.269. The normalized spacial score (nSPS) is 19.4. The molecule has 3 aromatic rings. The van der Waals surface area contributed by atoms with E-state index in [1.807, 2.05) is 0 Å².